The van der Waals surface area contributed by atoms with Crippen molar-refractivity contribution in [3.63, 3.8) is 0 Å². The Hall–Kier alpha value is -1.82. The summed E-state index contributed by atoms with van der Waals surface area (Å²) in [6.07, 6.45) is 0. The molecule has 110 valence electrons. The fourth-order valence-corrected chi connectivity index (χ4v) is 2.00. The standard InChI is InChI=1S/C14H21N3O3/c1-10(2)15-6-11-4-5-12(20-11)7-17-9-13(18)16(3)8-14(17)19/h4-5,10,15H,6-9H2,1-3H3. The number of carbonyl (C=O) groups is 2. The maximum atomic E-state index is 11.9. The molecular formula is C14H21N3O3. The third kappa shape index (κ3) is 3.60. The minimum Gasteiger partial charge on any atom is -0.463 e. The van der Waals surface area contributed by atoms with Crippen molar-refractivity contribution in [2.24, 2.45) is 0 Å². The van der Waals surface area contributed by atoms with Gasteiger partial charge in [-0.1, -0.05) is 13.8 Å². The van der Waals surface area contributed by atoms with Gasteiger partial charge in [-0.3, -0.25) is 9.59 Å². The van der Waals surface area contributed by atoms with Crippen LogP contribution < -0.4 is 5.32 Å². The van der Waals surface area contributed by atoms with Crippen LogP contribution in [-0.2, 0) is 22.7 Å². The SMILES string of the molecule is CC(C)NCc1ccc(CN2CC(=O)N(C)CC2=O)o1. The maximum Gasteiger partial charge on any atom is 0.243 e. The molecule has 6 nitrogen and oxygen atoms in total. The van der Waals surface area contributed by atoms with Gasteiger partial charge >= 0.3 is 0 Å². The van der Waals surface area contributed by atoms with Gasteiger partial charge < -0.3 is 19.5 Å². The number of likely N-dealkylation sites (N-methyl/N-ethyl adjacent to an activating group) is 1. The number of nitrogens with one attached hydrogen (secondary N) is 1. The molecule has 0 bridgehead atoms. The molecule has 1 aliphatic heterocycles. The number of amides is 2. The summed E-state index contributed by atoms with van der Waals surface area (Å²) < 4.78 is 5.67. The zero-order chi connectivity index (χ0) is 14.7. The van der Waals surface area contributed by atoms with Gasteiger partial charge in [0.1, 0.15) is 18.1 Å². The number of rotatable bonds is 5. The van der Waals surface area contributed by atoms with Gasteiger partial charge in [0, 0.05) is 13.1 Å². The maximum absolute atomic E-state index is 11.9. The van der Waals surface area contributed by atoms with Crippen LogP contribution in [0.15, 0.2) is 16.5 Å². The minimum absolute atomic E-state index is 0.0437. The zero-order valence-corrected chi connectivity index (χ0v) is 12.2. The lowest BCUT2D eigenvalue weighted by molar-refractivity contribution is -0.149. The second kappa shape index (κ2) is 6.09. The average molecular weight is 279 g/mol. The third-order valence-electron chi connectivity index (χ3n) is 3.23. The highest BCUT2D eigenvalue weighted by Crippen LogP contribution is 2.13. The molecule has 0 unspecified atom stereocenters. The van der Waals surface area contributed by atoms with Crippen molar-refractivity contribution < 1.29 is 14.0 Å². The van der Waals surface area contributed by atoms with Gasteiger partial charge in [0.05, 0.1) is 19.6 Å². The molecule has 6 heteroatoms. The monoisotopic (exact) mass is 279 g/mol. The van der Waals surface area contributed by atoms with E-state index in [2.05, 4.69) is 19.2 Å². The van der Waals surface area contributed by atoms with E-state index >= 15 is 0 Å². The topological polar surface area (TPSA) is 65.8 Å². The van der Waals surface area contributed by atoms with E-state index in [9.17, 15) is 9.59 Å². The number of carbonyl (C=O) groups excluding carboxylic acids is 2. The molecule has 1 fully saturated rings. The Kier molecular flexibility index (Phi) is 4.44. The quantitative estimate of drug-likeness (QED) is 0.856. The summed E-state index contributed by atoms with van der Waals surface area (Å²) in [5.41, 5.74) is 0. The van der Waals surface area contributed by atoms with Crippen molar-refractivity contribution in [1.82, 2.24) is 15.1 Å². The van der Waals surface area contributed by atoms with Gasteiger partial charge in [-0.15, -0.1) is 0 Å². The first-order valence-corrected chi connectivity index (χ1v) is 6.78. The molecule has 0 aliphatic carbocycles. The first kappa shape index (κ1) is 14.6. The predicted octanol–water partition coefficient (Wildman–Crippen LogP) is 0.578. The van der Waals surface area contributed by atoms with Crippen LogP contribution in [0.4, 0.5) is 0 Å². The molecule has 2 amide bonds. The number of nitrogens with zero attached hydrogens (tertiary/aromatic N) is 2. The highest BCUT2D eigenvalue weighted by Gasteiger charge is 2.27. The van der Waals surface area contributed by atoms with Gasteiger partial charge in [0.2, 0.25) is 11.8 Å². The van der Waals surface area contributed by atoms with Crippen molar-refractivity contribution in [2.75, 3.05) is 20.1 Å². The van der Waals surface area contributed by atoms with Gasteiger partial charge in [-0.2, -0.15) is 0 Å². The largest absolute Gasteiger partial charge is 0.463 e. The molecule has 1 aliphatic rings. The molecule has 0 atom stereocenters. The highest BCUT2D eigenvalue weighted by atomic mass is 16.3. The number of hydrogen-bond acceptors (Lipinski definition) is 4. The van der Waals surface area contributed by atoms with Crippen molar-refractivity contribution in [3.8, 4) is 0 Å². The van der Waals surface area contributed by atoms with E-state index < -0.39 is 0 Å². The molecule has 2 rings (SSSR count). The molecule has 0 aromatic carbocycles. The molecule has 2 heterocycles. The Labute approximate surface area is 118 Å². The van der Waals surface area contributed by atoms with Crippen LogP contribution in [0, 0.1) is 0 Å². The molecule has 1 aromatic rings. The van der Waals surface area contributed by atoms with Crippen molar-refractivity contribution in [1.29, 1.82) is 0 Å². The van der Waals surface area contributed by atoms with Crippen LogP contribution in [0.3, 0.4) is 0 Å². The first-order chi connectivity index (χ1) is 9.45. The summed E-state index contributed by atoms with van der Waals surface area (Å²) in [7, 11) is 1.64. The highest BCUT2D eigenvalue weighted by molar-refractivity contribution is 5.92. The van der Waals surface area contributed by atoms with Gasteiger partial charge in [0.25, 0.3) is 0 Å². The van der Waals surface area contributed by atoms with E-state index in [1.807, 2.05) is 12.1 Å². The summed E-state index contributed by atoms with van der Waals surface area (Å²) in [4.78, 5) is 26.4. The average Bonchev–Trinajstić information content (AvgIpc) is 2.81. The van der Waals surface area contributed by atoms with E-state index in [1.54, 1.807) is 7.05 Å². The molecule has 0 radical (unpaired) electrons. The molecule has 0 saturated carbocycles. The van der Waals surface area contributed by atoms with Crippen molar-refractivity contribution in [2.45, 2.75) is 33.0 Å². The van der Waals surface area contributed by atoms with Crippen LogP contribution in [0.5, 0.6) is 0 Å². The van der Waals surface area contributed by atoms with Crippen molar-refractivity contribution >= 4 is 11.8 Å². The Morgan fingerprint density at radius 3 is 2.60 bits per heavy atom. The Balaban J connectivity index is 1.93. The second-order valence-corrected chi connectivity index (χ2v) is 5.40. The lowest BCUT2D eigenvalue weighted by atomic mass is 10.3. The van der Waals surface area contributed by atoms with Gasteiger partial charge in [0.15, 0.2) is 0 Å². The fourth-order valence-electron chi connectivity index (χ4n) is 2.00. The fraction of sp³-hybridized carbons (Fsp3) is 0.571. The molecule has 1 N–H and O–H groups in total. The molecule has 0 spiro atoms. The van der Waals surface area contributed by atoms with E-state index in [-0.39, 0.29) is 24.9 Å². The third-order valence-corrected chi connectivity index (χ3v) is 3.23. The Morgan fingerprint density at radius 2 is 1.90 bits per heavy atom. The Bertz CT molecular complexity index is 496. The first-order valence-electron chi connectivity index (χ1n) is 6.78. The smallest absolute Gasteiger partial charge is 0.243 e. The van der Waals surface area contributed by atoms with Gasteiger partial charge in [-0.25, -0.2) is 0 Å². The van der Waals surface area contributed by atoms with Gasteiger partial charge in [-0.05, 0) is 12.1 Å². The van der Waals surface area contributed by atoms with E-state index in [4.69, 9.17) is 4.42 Å². The normalized spacial score (nSPS) is 16.4. The van der Waals surface area contributed by atoms with E-state index in [0.717, 1.165) is 5.76 Å². The summed E-state index contributed by atoms with van der Waals surface area (Å²) >= 11 is 0. The number of hydrogen-bond donors (Lipinski definition) is 1. The minimum atomic E-state index is -0.0506. The van der Waals surface area contributed by atoms with Crippen LogP contribution >= 0.6 is 0 Å². The number of furan rings is 1. The summed E-state index contributed by atoms with van der Waals surface area (Å²) in [5, 5.41) is 3.27. The predicted molar refractivity (Wildman–Crippen MR) is 73.7 cm³/mol. The van der Waals surface area contributed by atoms with Crippen LogP contribution in [-0.4, -0.2) is 47.8 Å². The lowest BCUT2D eigenvalue weighted by Crippen LogP contribution is -2.51. The second-order valence-electron chi connectivity index (χ2n) is 5.40. The Morgan fingerprint density at radius 1 is 1.20 bits per heavy atom. The van der Waals surface area contributed by atoms with Crippen LogP contribution in [0.1, 0.15) is 25.4 Å². The lowest BCUT2D eigenvalue weighted by Gasteiger charge is -2.30. The van der Waals surface area contributed by atoms with Crippen LogP contribution in [0.25, 0.3) is 0 Å². The molecule has 1 saturated heterocycles. The molecule has 1 aromatic heterocycles. The van der Waals surface area contributed by atoms with E-state index in [1.165, 1.54) is 9.80 Å². The molecule has 20 heavy (non-hydrogen) atoms. The summed E-state index contributed by atoms with van der Waals surface area (Å²) in [6, 6.07) is 4.14. The molecular weight excluding hydrogens is 258 g/mol. The zero-order valence-electron chi connectivity index (χ0n) is 12.2. The van der Waals surface area contributed by atoms with Crippen LogP contribution in [0.2, 0.25) is 0 Å². The van der Waals surface area contributed by atoms with E-state index in [0.29, 0.717) is 24.9 Å². The number of piperazine rings is 1. The summed E-state index contributed by atoms with van der Waals surface area (Å²) in [6.45, 7) is 5.40. The van der Waals surface area contributed by atoms with Crippen molar-refractivity contribution in [3.05, 3.63) is 23.7 Å². The summed E-state index contributed by atoms with van der Waals surface area (Å²) in [5.74, 6) is 1.45.